The molecule has 0 spiro atoms. The van der Waals surface area contributed by atoms with E-state index < -0.39 is 17.7 Å². The van der Waals surface area contributed by atoms with Crippen LogP contribution in [0.4, 0.5) is 5.69 Å². The molecule has 8 heteroatoms. The monoisotopic (exact) mass is 555 g/mol. The molecule has 0 bridgehead atoms. The van der Waals surface area contributed by atoms with Gasteiger partial charge in [-0.25, -0.2) is 0 Å². The Bertz CT molecular complexity index is 1630. The Balaban J connectivity index is 1.57. The Hall–Kier alpha value is -4.75. The topological polar surface area (TPSA) is 96.3 Å². The molecule has 1 fully saturated rings. The molecule has 1 aliphatic rings. The number of benzene rings is 4. The highest BCUT2D eigenvalue weighted by Gasteiger charge is 2.47. The molecule has 0 aromatic heterocycles. The minimum absolute atomic E-state index is 0.0494. The molecule has 202 valence electrons. The van der Waals surface area contributed by atoms with E-state index in [9.17, 15) is 19.8 Å². The maximum absolute atomic E-state index is 13.4. The van der Waals surface area contributed by atoms with E-state index in [4.69, 9.17) is 21.1 Å². The number of phenolic OH excluding ortho intramolecular Hbond substituents is 1. The molecule has 1 saturated heterocycles. The van der Waals surface area contributed by atoms with Crippen LogP contribution in [-0.2, 0) is 16.2 Å². The number of hydrogen-bond acceptors (Lipinski definition) is 6. The number of ketones is 1. The summed E-state index contributed by atoms with van der Waals surface area (Å²) in [4.78, 5) is 28.1. The highest BCUT2D eigenvalue weighted by atomic mass is 35.5. The smallest absolute Gasteiger partial charge is 0.300 e. The van der Waals surface area contributed by atoms with E-state index in [0.717, 1.165) is 11.1 Å². The predicted octanol–water partition coefficient (Wildman–Crippen LogP) is 6.57. The first-order valence-corrected chi connectivity index (χ1v) is 12.9. The molecule has 1 atom stereocenters. The zero-order valence-electron chi connectivity index (χ0n) is 21.8. The second-order valence-electron chi connectivity index (χ2n) is 9.34. The summed E-state index contributed by atoms with van der Waals surface area (Å²) < 4.78 is 11.2. The zero-order valence-corrected chi connectivity index (χ0v) is 22.6. The number of halogens is 1. The number of aryl methyl sites for hydroxylation is 1. The van der Waals surface area contributed by atoms with E-state index in [0.29, 0.717) is 34.9 Å². The van der Waals surface area contributed by atoms with E-state index in [2.05, 4.69) is 0 Å². The molecule has 4 aromatic carbocycles. The first kappa shape index (κ1) is 26.8. The molecule has 0 aliphatic carbocycles. The number of rotatable bonds is 7. The Kier molecular flexibility index (Phi) is 7.49. The summed E-state index contributed by atoms with van der Waals surface area (Å²) in [5.74, 6) is -1.06. The molecule has 0 saturated carbocycles. The van der Waals surface area contributed by atoms with Gasteiger partial charge >= 0.3 is 0 Å². The van der Waals surface area contributed by atoms with Gasteiger partial charge in [-0.1, -0.05) is 54.1 Å². The second-order valence-corrected chi connectivity index (χ2v) is 9.74. The molecule has 1 heterocycles. The number of hydrogen-bond donors (Lipinski definition) is 2. The number of ether oxygens (including phenoxy) is 2. The van der Waals surface area contributed by atoms with Gasteiger partial charge in [0.2, 0.25) is 0 Å². The normalized spacial score (nSPS) is 16.3. The number of amides is 1. The lowest BCUT2D eigenvalue weighted by Gasteiger charge is -2.26. The van der Waals surface area contributed by atoms with E-state index in [1.807, 2.05) is 37.3 Å². The summed E-state index contributed by atoms with van der Waals surface area (Å²) in [6.45, 7) is 2.21. The van der Waals surface area contributed by atoms with Gasteiger partial charge in [-0.3, -0.25) is 14.5 Å². The fourth-order valence-electron chi connectivity index (χ4n) is 4.76. The Morgan fingerprint density at radius 1 is 0.925 bits per heavy atom. The van der Waals surface area contributed by atoms with Crippen molar-refractivity contribution in [2.45, 2.75) is 19.6 Å². The van der Waals surface area contributed by atoms with Crippen molar-refractivity contribution in [2.75, 3.05) is 12.0 Å². The lowest BCUT2D eigenvalue weighted by molar-refractivity contribution is -0.132. The summed E-state index contributed by atoms with van der Waals surface area (Å²) in [7, 11) is 1.47. The first-order valence-electron chi connectivity index (χ1n) is 12.5. The number of aliphatic hydroxyl groups is 1. The van der Waals surface area contributed by atoms with Gasteiger partial charge in [0.1, 0.15) is 29.6 Å². The van der Waals surface area contributed by atoms with Crippen LogP contribution >= 0.6 is 11.6 Å². The number of aliphatic hydroxyl groups excluding tert-OH is 1. The van der Waals surface area contributed by atoms with Crippen LogP contribution in [0.2, 0.25) is 5.02 Å². The average molecular weight is 556 g/mol. The van der Waals surface area contributed by atoms with Gasteiger partial charge in [-0.2, -0.15) is 0 Å². The van der Waals surface area contributed by atoms with Gasteiger partial charge in [-0.05, 0) is 72.1 Å². The van der Waals surface area contributed by atoms with Crippen LogP contribution in [-0.4, -0.2) is 29.0 Å². The van der Waals surface area contributed by atoms with Gasteiger partial charge in [0, 0.05) is 11.3 Å². The quantitative estimate of drug-likeness (QED) is 0.152. The first-order chi connectivity index (χ1) is 19.3. The Labute approximate surface area is 236 Å². The zero-order chi connectivity index (χ0) is 28.4. The summed E-state index contributed by atoms with van der Waals surface area (Å²) in [6.07, 6.45) is 0. The molecule has 40 heavy (non-hydrogen) atoms. The number of Topliss-reactive ketones (excluding diaryl/α,β-unsaturated/α-hetero) is 1. The largest absolute Gasteiger partial charge is 0.508 e. The Morgan fingerprint density at radius 2 is 1.68 bits per heavy atom. The van der Waals surface area contributed by atoms with Crippen molar-refractivity contribution in [3.63, 3.8) is 0 Å². The third-order valence-corrected chi connectivity index (χ3v) is 7.02. The second kappa shape index (κ2) is 11.2. The van der Waals surface area contributed by atoms with Gasteiger partial charge in [0.15, 0.2) is 0 Å². The van der Waals surface area contributed by atoms with E-state index in [1.54, 1.807) is 42.5 Å². The summed E-state index contributed by atoms with van der Waals surface area (Å²) in [6, 6.07) is 24.7. The number of carbonyl (C=O) groups excluding carboxylic acids is 2. The van der Waals surface area contributed by atoms with E-state index in [1.165, 1.54) is 30.2 Å². The van der Waals surface area contributed by atoms with Gasteiger partial charge in [0.05, 0.1) is 23.7 Å². The van der Waals surface area contributed by atoms with Crippen LogP contribution in [0.25, 0.3) is 5.76 Å². The number of nitrogens with zero attached hydrogens (tertiary/aromatic N) is 1. The van der Waals surface area contributed by atoms with Crippen molar-refractivity contribution in [1.29, 1.82) is 0 Å². The molecule has 7 nitrogen and oxygen atoms in total. The maximum atomic E-state index is 13.4. The van der Waals surface area contributed by atoms with Crippen LogP contribution in [0.3, 0.4) is 0 Å². The third-order valence-electron chi connectivity index (χ3n) is 6.73. The van der Waals surface area contributed by atoms with Crippen LogP contribution in [0.5, 0.6) is 17.2 Å². The highest BCUT2D eigenvalue weighted by Crippen LogP contribution is 2.44. The SMILES string of the molecule is COc1ccc(N2C(=O)C(=O)/C(=C(/O)c3ccc(OCc4ccccc4)c(C)c3)C2c2cccc(O)c2)cc1Cl. The number of methoxy groups -OCH3 is 1. The van der Waals surface area contributed by atoms with Crippen molar-refractivity contribution < 1.29 is 29.3 Å². The van der Waals surface area contributed by atoms with Crippen molar-refractivity contribution in [3.8, 4) is 17.2 Å². The molecular formula is C32H26ClNO6. The average Bonchev–Trinajstić information content (AvgIpc) is 3.22. The van der Waals surface area contributed by atoms with Crippen LogP contribution in [0.15, 0.2) is 96.6 Å². The Morgan fingerprint density at radius 3 is 2.35 bits per heavy atom. The van der Waals surface area contributed by atoms with Crippen LogP contribution in [0.1, 0.15) is 28.3 Å². The van der Waals surface area contributed by atoms with Crippen molar-refractivity contribution in [3.05, 3.63) is 124 Å². The van der Waals surface area contributed by atoms with Crippen LogP contribution in [0, 0.1) is 6.92 Å². The minimum Gasteiger partial charge on any atom is -0.508 e. The number of aromatic hydroxyl groups is 1. The number of phenols is 1. The summed E-state index contributed by atoms with van der Waals surface area (Å²) >= 11 is 6.34. The molecule has 1 amide bonds. The minimum atomic E-state index is -1.02. The highest BCUT2D eigenvalue weighted by molar-refractivity contribution is 6.51. The predicted molar refractivity (Wildman–Crippen MR) is 153 cm³/mol. The molecular weight excluding hydrogens is 530 g/mol. The van der Waals surface area contributed by atoms with Crippen LogP contribution < -0.4 is 14.4 Å². The fraction of sp³-hybridized carbons (Fsp3) is 0.125. The van der Waals surface area contributed by atoms with Crippen molar-refractivity contribution >= 4 is 34.7 Å². The lowest BCUT2D eigenvalue weighted by atomic mass is 9.94. The van der Waals surface area contributed by atoms with Gasteiger partial charge < -0.3 is 19.7 Å². The maximum Gasteiger partial charge on any atom is 0.300 e. The van der Waals surface area contributed by atoms with E-state index in [-0.39, 0.29) is 22.1 Å². The van der Waals surface area contributed by atoms with Crippen molar-refractivity contribution in [1.82, 2.24) is 0 Å². The lowest BCUT2D eigenvalue weighted by Crippen LogP contribution is -2.29. The molecule has 2 N–H and O–H groups in total. The van der Waals surface area contributed by atoms with Gasteiger partial charge in [0.25, 0.3) is 11.7 Å². The van der Waals surface area contributed by atoms with E-state index >= 15 is 0 Å². The molecule has 1 aliphatic heterocycles. The summed E-state index contributed by atoms with van der Waals surface area (Å²) in [5, 5.41) is 21.9. The van der Waals surface area contributed by atoms with Crippen molar-refractivity contribution in [2.24, 2.45) is 0 Å². The summed E-state index contributed by atoms with van der Waals surface area (Å²) in [5.41, 5.74) is 2.76. The standard InChI is InChI=1S/C32H26ClNO6/c1-19-15-22(11-13-26(19)40-18-20-7-4-3-5-8-20)30(36)28-29(21-9-6-10-24(35)16-21)34(32(38)31(28)37)23-12-14-27(39-2)25(33)17-23/h3-17,29,35-36H,18H2,1-2H3/b30-28+. The molecule has 4 aromatic rings. The fourth-order valence-corrected chi connectivity index (χ4v) is 5.02. The number of anilines is 1. The molecule has 1 unspecified atom stereocenters. The molecule has 0 radical (unpaired) electrons. The third kappa shape index (κ3) is 5.11. The van der Waals surface area contributed by atoms with Gasteiger partial charge in [-0.15, -0.1) is 0 Å². The molecule has 5 rings (SSSR count). The number of carbonyl (C=O) groups is 2.